The van der Waals surface area contributed by atoms with Crippen molar-refractivity contribution in [1.29, 1.82) is 5.26 Å². The molecule has 1 radical (unpaired) electrons. The summed E-state index contributed by atoms with van der Waals surface area (Å²) in [6.45, 7) is 1.69. The normalized spacial score (nSPS) is 12.0. The van der Waals surface area contributed by atoms with Gasteiger partial charge >= 0.3 is 0 Å². The molecule has 0 aliphatic rings. The first kappa shape index (κ1) is 7.96. The third kappa shape index (κ3) is 3.53. The molecule has 1 atom stereocenters. The number of rotatable bonds is 3. The average molecular weight is 125 g/mol. The lowest BCUT2D eigenvalue weighted by Gasteiger charge is -2.00. The van der Waals surface area contributed by atoms with E-state index in [4.69, 9.17) is 11.0 Å². The highest BCUT2D eigenvalue weighted by molar-refractivity contribution is 5.76. The van der Waals surface area contributed by atoms with Crippen molar-refractivity contribution in [1.82, 2.24) is 0 Å². The molecule has 1 amide bonds. The molecule has 0 fully saturated rings. The van der Waals surface area contributed by atoms with E-state index in [1.54, 1.807) is 6.92 Å². The maximum atomic E-state index is 10.3. The Morgan fingerprint density at radius 2 is 2.56 bits per heavy atom. The molecule has 3 heteroatoms. The van der Waals surface area contributed by atoms with Gasteiger partial charge in [0.25, 0.3) is 0 Å². The standard InChI is InChI=1S/C6H9N2O/c1-5(6(8)9)3-2-4-7/h2,5H,3H2,1H3,(H2,8,9). The minimum atomic E-state index is -0.360. The Kier molecular flexibility index (Phi) is 3.45. The molecule has 3 nitrogen and oxygen atoms in total. The van der Waals surface area contributed by atoms with Gasteiger partial charge in [-0.05, 0) is 6.42 Å². The van der Waals surface area contributed by atoms with Crippen LogP contribution in [0.3, 0.4) is 0 Å². The second-order valence-corrected chi connectivity index (χ2v) is 1.87. The first-order valence-electron chi connectivity index (χ1n) is 2.69. The van der Waals surface area contributed by atoms with Crippen LogP contribution in [0.2, 0.25) is 0 Å². The lowest BCUT2D eigenvalue weighted by Crippen LogP contribution is -2.20. The Bertz CT molecular complexity index is 136. The quantitative estimate of drug-likeness (QED) is 0.586. The highest BCUT2D eigenvalue weighted by atomic mass is 16.1. The second-order valence-electron chi connectivity index (χ2n) is 1.87. The fourth-order valence-corrected chi connectivity index (χ4v) is 0.346. The second kappa shape index (κ2) is 3.90. The maximum absolute atomic E-state index is 10.3. The molecule has 0 rings (SSSR count). The molecule has 0 aliphatic carbocycles. The zero-order valence-electron chi connectivity index (χ0n) is 5.29. The van der Waals surface area contributed by atoms with Crippen molar-refractivity contribution in [2.45, 2.75) is 13.3 Å². The SMILES string of the molecule is CC(C[CH]C#N)C(N)=O. The molecular weight excluding hydrogens is 116 g/mol. The molecule has 0 spiro atoms. The third-order valence-electron chi connectivity index (χ3n) is 1.05. The van der Waals surface area contributed by atoms with Crippen LogP contribution in [0.5, 0.6) is 0 Å². The Morgan fingerprint density at radius 3 is 2.89 bits per heavy atom. The van der Waals surface area contributed by atoms with Crippen molar-refractivity contribution in [3.05, 3.63) is 6.42 Å². The van der Waals surface area contributed by atoms with Crippen LogP contribution in [-0.4, -0.2) is 5.91 Å². The molecule has 0 saturated carbocycles. The predicted molar refractivity (Wildman–Crippen MR) is 32.9 cm³/mol. The lowest BCUT2D eigenvalue weighted by molar-refractivity contribution is -0.121. The summed E-state index contributed by atoms with van der Waals surface area (Å²) in [7, 11) is 0. The van der Waals surface area contributed by atoms with Gasteiger partial charge in [0.05, 0.1) is 12.5 Å². The van der Waals surface area contributed by atoms with Gasteiger partial charge in [0, 0.05) is 5.92 Å². The monoisotopic (exact) mass is 125 g/mol. The summed E-state index contributed by atoms with van der Waals surface area (Å²) in [5, 5.41) is 8.04. The number of nitrogens with zero attached hydrogens (tertiary/aromatic N) is 1. The van der Waals surface area contributed by atoms with Crippen LogP contribution in [0.4, 0.5) is 0 Å². The van der Waals surface area contributed by atoms with Gasteiger partial charge in [-0.25, -0.2) is 0 Å². The number of nitrogens with two attached hydrogens (primary N) is 1. The molecular formula is C6H9N2O. The summed E-state index contributed by atoms with van der Waals surface area (Å²) in [4.78, 5) is 10.3. The van der Waals surface area contributed by atoms with Gasteiger partial charge in [-0.1, -0.05) is 6.92 Å². The Labute approximate surface area is 54.5 Å². The van der Waals surface area contributed by atoms with Crippen LogP contribution in [0, 0.1) is 23.7 Å². The summed E-state index contributed by atoms with van der Waals surface area (Å²) < 4.78 is 0. The summed E-state index contributed by atoms with van der Waals surface area (Å²) in [5.74, 6) is -0.578. The Balaban J connectivity index is 3.41. The van der Waals surface area contributed by atoms with Crippen molar-refractivity contribution in [3.8, 4) is 6.07 Å². The van der Waals surface area contributed by atoms with Crippen molar-refractivity contribution in [2.75, 3.05) is 0 Å². The van der Waals surface area contributed by atoms with E-state index in [1.165, 1.54) is 6.42 Å². The smallest absolute Gasteiger partial charge is 0.220 e. The number of amides is 1. The zero-order chi connectivity index (χ0) is 7.28. The van der Waals surface area contributed by atoms with Crippen LogP contribution in [0.25, 0.3) is 0 Å². The van der Waals surface area contributed by atoms with Crippen LogP contribution >= 0.6 is 0 Å². The first-order valence-corrected chi connectivity index (χ1v) is 2.69. The number of hydrogen-bond donors (Lipinski definition) is 1. The topological polar surface area (TPSA) is 66.9 Å². The van der Waals surface area contributed by atoms with Crippen molar-refractivity contribution in [3.63, 3.8) is 0 Å². The van der Waals surface area contributed by atoms with Crippen LogP contribution in [0.1, 0.15) is 13.3 Å². The van der Waals surface area contributed by atoms with Gasteiger partial charge in [-0.3, -0.25) is 4.79 Å². The minimum absolute atomic E-state index is 0.218. The maximum Gasteiger partial charge on any atom is 0.220 e. The first-order chi connectivity index (χ1) is 4.18. The van der Waals surface area contributed by atoms with Gasteiger partial charge in [0.15, 0.2) is 0 Å². The van der Waals surface area contributed by atoms with E-state index in [1.807, 2.05) is 6.07 Å². The molecule has 0 aliphatic heterocycles. The van der Waals surface area contributed by atoms with Crippen molar-refractivity contribution in [2.24, 2.45) is 11.7 Å². The zero-order valence-corrected chi connectivity index (χ0v) is 5.29. The van der Waals surface area contributed by atoms with Crippen LogP contribution in [0.15, 0.2) is 0 Å². The van der Waals surface area contributed by atoms with Gasteiger partial charge in [0.2, 0.25) is 5.91 Å². The molecule has 2 N–H and O–H groups in total. The average Bonchev–Trinajstić information content (AvgIpc) is 1.82. The third-order valence-corrected chi connectivity index (χ3v) is 1.05. The number of hydrogen-bond acceptors (Lipinski definition) is 2. The molecule has 0 aromatic heterocycles. The summed E-state index contributed by atoms with van der Waals surface area (Å²) in [5.41, 5.74) is 4.91. The predicted octanol–water partition coefficient (Wildman–Crippen LogP) is 0.226. The molecule has 49 valence electrons. The summed E-state index contributed by atoms with van der Waals surface area (Å²) in [6.07, 6.45) is 1.82. The fraction of sp³-hybridized carbons (Fsp3) is 0.500. The summed E-state index contributed by atoms with van der Waals surface area (Å²) in [6, 6.07) is 1.82. The number of carbonyl (C=O) groups is 1. The minimum Gasteiger partial charge on any atom is -0.369 e. The van der Waals surface area contributed by atoms with E-state index in [0.717, 1.165) is 0 Å². The number of nitriles is 1. The number of primary amides is 1. The molecule has 0 heterocycles. The molecule has 0 aromatic rings. The van der Waals surface area contributed by atoms with Crippen LogP contribution < -0.4 is 5.73 Å². The van der Waals surface area contributed by atoms with E-state index < -0.39 is 0 Å². The van der Waals surface area contributed by atoms with Crippen molar-refractivity contribution < 1.29 is 4.79 Å². The van der Waals surface area contributed by atoms with Gasteiger partial charge in [-0.2, -0.15) is 5.26 Å². The van der Waals surface area contributed by atoms with Gasteiger partial charge < -0.3 is 5.73 Å². The van der Waals surface area contributed by atoms with E-state index in [9.17, 15) is 4.79 Å². The molecule has 0 aromatic carbocycles. The Morgan fingerprint density at radius 1 is 2.00 bits per heavy atom. The largest absolute Gasteiger partial charge is 0.369 e. The fourth-order valence-electron chi connectivity index (χ4n) is 0.346. The molecule has 0 bridgehead atoms. The molecule has 0 saturated heterocycles. The van der Waals surface area contributed by atoms with Crippen LogP contribution in [-0.2, 0) is 4.79 Å². The van der Waals surface area contributed by atoms with Crippen molar-refractivity contribution >= 4 is 5.91 Å². The number of carbonyl (C=O) groups excluding carboxylic acids is 1. The van der Waals surface area contributed by atoms with E-state index in [0.29, 0.717) is 6.42 Å². The van der Waals surface area contributed by atoms with E-state index in [-0.39, 0.29) is 11.8 Å². The van der Waals surface area contributed by atoms with E-state index >= 15 is 0 Å². The molecule has 1 unspecified atom stereocenters. The molecule has 9 heavy (non-hydrogen) atoms. The van der Waals surface area contributed by atoms with Gasteiger partial charge in [-0.15, -0.1) is 0 Å². The lowest BCUT2D eigenvalue weighted by atomic mass is 10.1. The highest BCUT2D eigenvalue weighted by Crippen LogP contribution is 2.01. The van der Waals surface area contributed by atoms with Gasteiger partial charge in [0.1, 0.15) is 0 Å². The highest BCUT2D eigenvalue weighted by Gasteiger charge is 2.06. The Hall–Kier alpha value is -1.04. The summed E-state index contributed by atoms with van der Waals surface area (Å²) >= 11 is 0. The van der Waals surface area contributed by atoms with E-state index in [2.05, 4.69) is 0 Å².